The van der Waals surface area contributed by atoms with Crippen molar-refractivity contribution in [2.45, 2.75) is 56.5 Å². The molecule has 0 amide bonds. The average Bonchev–Trinajstić information content (AvgIpc) is 2.70. The van der Waals surface area contributed by atoms with Crippen molar-refractivity contribution in [1.29, 1.82) is 0 Å². The zero-order valence-electron chi connectivity index (χ0n) is 17.8. The number of sulfone groups is 1. The number of carbonyl (C=O) groups is 2. The van der Waals surface area contributed by atoms with E-state index in [0.717, 1.165) is 12.1 Å². The monoisotopic (exact) mass is 452 g/mol. The molecule has 0 saturated carbocycles. The minimum Gasteiger partial charge on any atom is -0.297 e. The van der Waals surface area contributed by atoms with Crippen LogP contribution in [0.4, 0.5) is 13.2 Å². The summed E-state index contributed by atoms with van der Waals surface area (Å²) in [5, 5.41) is 0. The molecule has 0 atom stereocenters. The van der Waals surface area contributed by atoms with Crippen molar-refractivity contribution in [2.75, 3.05) is 0 Å². The Labute approximate surface area is 179 Å². The van der Waals surface area contributed by atoms with Crippen molar-refractivity contribution in [1.82, 2.24) is 0 Å². The molecule has 3 rings (SSSR count). The van der Waals surface area contributed by atoms with Crippen molar-refractivity contribution >= 4 is 21.4 Å². The summed E-state index contributed by atoms with van der Waals surface area (Å²) in [4.78, 5) is 26.3. The summed E-state index contributed by atoms with van der Waals surface area (Å²) in [7, 11) is -4.08. The minimum absolute atomic E-state index is 0.0992. The van der Waals surface area contributed by atoms with E-state index in [1.54, 1.807) is 13.0 Å². The molecule has 4 nitrogen and oxygen atoms in total. The maximum Gasteiger partial charge on any atom is 0.194 e. The van der Waals surface area contributed by atoms with Gasteiger partial charge in [0.1, 0.15) is 15.4 Å². The van der Waals surface area contributed by atoms with Crippen LogP contribution in [0.5, 0.6) is 0 Å². The molecule has 0 bridgehead atoms. The maximum atomic E-state index is 13.7. The number of hydrogen-bond acceptors (Lipinski definition) is 4. The Balaban J connectivity index is 2.18. The van der Waals surface area contributed by atoms with Crippen molar-refractivity contribution in [3.8, 4) is 11.1 Å². The topological polar surface area (TPSA) is 68.3 Å². The van der Waals surface area contributed by atoms with E-state index in [0.29, 0.717) is 23.1 Å². The van der Waals surface area contributed by atoms with Crippen LogP contribution >= 0.6 is 0 Å². The van der Waals surface area contributed by atoms with Crippen LogP contribution in [0.3, 0.4) is 0 Å². The van der Waals surface area contributed by atoms with Gasteiger partial charge in [-0.1, -0.05) is 25.1 Å². The van der Waals surface area contributed by atoms with E-state index in [1.807, 2.05) is 0 Å². The zero-order valence-corrected chi connectivity index (χ0v) is 18.7. The number of ketones is 2. The molecule has 1 heterocycles. The number of carbonyl (C=O) groups excluding carboxylic acids is 2. The first kappa shape index (κ1) is 23.2. The van der Waals surface area contributed by atoms with Crippen LogP contribution in [0.2, 0.25) is 0 Å². The van der Waals surface area contributed by atoms with Crippen LogP contribution in [0.25, 0.3) is 11.1 Å². The number of halogens is 3. The van der Waals surface area contributed by atoms with Gasteiger partial charge < -0.3 is 0 Å². The highest BCUT2D eigenvalue weighted by Crippen LogP contribution is 2.44. The molecule has 166 valence electrons. The highest BCUT2D eigenvalue weighted by Gasteiger charge is 2.63. The third-order valence-electron chi connectivity index (χ3n) is 6.21. The van der Waals surface area contributed by atoms with Gasteiger partial charge in [-0.15, -0.1) is 0 Å². The van der Waals surface area contributed by atoms with Gasteiger partial charge >= 0.3 is 0 Å². The molecule has 2 aromatic rings. The third-order valence-corrected chi connectivity index (χ3v) is 9.30. The second-order valence-electron chi connectivity index (χ2n) is 8.71. The first-order valence-electron chi connectivity index (χ1n) is 9.79. The summed E-state index contributed by atoms with van der Waals surface area (Å²) in [6, 6.07) is 6.28. The lowest BCUT2D eigenvalue weighted by Gasteiger charge is -2.42. The largest absolute Gasteiger partial charge is 0.297 e. The number of rotatable bonds is 3. The third kappa shape index (κ3) is 3.23. The molecule has 0 radical (unpaired) electrons. The van der Waals surface area contributed by atoms with Gasteiger partial charge in [-0.2, -0.15) is 0 Å². The molecule has 0 spiro atoms. The summed E-state index contributed by atoms with van der Waals surface area (Å²) < 4.78 is 62.9. The first-order chi connectivity index (χ1) is 14.2. The van der Waals surface area contributed by atoms with Crippen LogP contribution < -0.4 is 0 Å². The Bertz CT molecular complexity index is 1160. The van der Waals surface area contributed by atoms with E-state index in [2.05, 4.69) is 0 Å². The number of Topliss-reactive ketones (excluding diaryl/α,β-unsaturated/α-hetero) is 2. The molecule has 0 unspecified atom stereocenters. The predicted octanol–water partition coefficient (Wildman–Crippen LogP) is 4.54. The van der Waals surface area contributed by atoms with Crippen LogP contribution in [-0.4, -0.2) is 29.5 Å². The minimum atomic E-state index is -4.08. The fourth-order valence-electron chi connectivity index (χ4n) is 4.09. The van der Waals surface area contributed by atoms with Crippen LogP contribution in [0.15, 0.2) is 30.3 Å². The number of aryl methyl sites for hydroxylation is 1. The van der Waals surface area contributed by atoms with Crippen LogP contribution in [-0.2, 0) is 25.8 Å². The normalized spacial score (nSPS) is 20.1. The van der Waals surface area contributed by atoms with Crippen molar-refractivity contribution in [3.05, 3.63) is 58.9 Å². The number of benzene rings is 2. The molecule has 1 fully saturated rings. The fourth-order valence-corrected chi connectivity index (χ4v) is 6.14. The van der Waals surface area contributed by atoms with E-state index in [-0.39, 0.29) is 5.56 Å². The molecule has 1 aliphatic heterocycles. The van der Waals surface area contributed by atoms with E-state index >= 15 is 0 Å². The molecule has 0 N–H and O–H groups in total. The Morgan fingerprint density at radius 1 is 0.839 bits per heavy atom. The van der Waals surface area contributed by atoms with Gasteiger partial charge in [-0.3, -0.25) is 9.59 Å². The number of hydrogen-bond donors (Lipinski definition) is 0. The van der Waals surface area contributed by atoms with Gasteiger partial charge in [-0.05, 0) is 68.5 Å². The Morgan fingerprint density at radius 3 is 1.77 bits per heavy atom. The summed E-state index contributed by atoms with van der Waals surface area (Å²) in [5.74, 6) is -6.93. The van der Waals surface area contributed by atoms with E-state index in [9.17, 15) is 31.2 Å². The highest BCUT2D eigenvalue weighted by molar-refractivity contribution is 7.95. The Hall–Kier alpha value is -2.48. The van der Waals surface area contributed by atoms with E-state index in [1.165, 1.54) is 39.8 Å². The molecule has 1 aliphatic rings. The summed E-state index contributed by atoms with van der Waals surface area (Å²) in [6.45, 7) is 6.98. The molecule has 1 saturated heterocycles. The predicted molar refractivity (Wildman–Crippen MR) is 111 cm³/mol. The SMILES string of the molecule is CCc1cc(-c2cc(F)c(F)c(F)c2)ccc1C1C(=O)C(C)(C)S(=O)(=O)C(C)(C)C1=O. The van der Waals surface area contributed by atoms with Gasteiger partial charge in [-0.25, -0.2) is 21.6 Å². The van der Waals surface area contributed by atoms with E-state index in [4.69, 9.17) is 0 Å². The van der Waals surface area contributed by atoms with Crippen LogP contribution in [0.1, 0.15) is 51.7 Å². The molecule has 0 aromatic heterocycles. The molecular formula is C23H23F3O4S. The van der Waals surface area contributed by atoms with Crippen molar-refractivity contribution < 1.29 is 31.2 Å². The quantitative estimate of drug-likeness (QED) is 0.507. The van der Waals surface area contributed by atoms with Gasteiger partial charge in [0.25, 0.3) is 0 Å². The fraction of sp³-hybridized carbons (Fsp3) is 0.391. The highest BCUT2D eigenvalue weighted by atomic mass is 32.2. The van der Waals surface area contributed by atoms with Gasteiger partial charge in [0.05, 0.1) is 0 Å². The average molecular weight is 452 g/mol. The molecule has 8 heteroatoms. The van der Waals surface area contributed by atoms with Gasteiger partial charge in [0, 0.05) is 0 Å². The van der Waals surface area contributed by atoms with E-state index < -0.39 is 54.3 Å². The first-order valence-corrected chi connectivity index (χ1v) is 11.3. The Morgan fingerprint density at radius 2 is 1.32 bits per heavy atom. The van der Waals surface area contributed by atoms with Crippen molar-refractivity contribution in [3.63, 3.8) is 0 Å². The second kappa shape index (κ2) is 7.29. The molecule has 31 heavy (non-hydrogen) atoms. The van der Waals surface area contributed by atoms with Gasteiger partial charge in [0.2, 0.25) is 0 Å². The summed E-state index contributed by atoms with van der Waals surface area (Å²) in [6.07, 6.45) is 0.375. The second-order valence-corrected chi connectivity index (χ2v) is 11.8. The van der Waals surface area contributed by atoms with Crippen LogP contribution in [0, 0.1) is 17.5 Å². The smallest absolute Gasteiger partial charge is 0.194 e. The van der Waals surface area contributed by atoms with Crippen molar-refractivity contribution in [2.24, 2.45) is 0 Å². The van der Waals surface area contributed by atoms with Gasteiger partial charge in [0.15, 0.2) is 38.9 Å². The molecular weight excluding hydrogens is 429 g/mol. The lowest BCUT2D eigenvalue weighted by molar-refractivity contribution is -0.132. The lowest BCUT2D eigenvalue weighted by atomic mass is 9.77. The standard InChI is InChI=1S/C23H23F3O4S/c1-6-12-9-13(14-10-16(24)19(26)17(25)11-14)7-8-15(12)18-20(27)22(2,3)31(29,30)23(4,5)21(18)28/h7-11,18H,6H2,1-5H3. The maximum absolute atomic E-state index is 13.7. The molecule has 2 aromatic carbocycles. The Kier molecular flexibility index (Phi) is 5.45. The molecule has 0 aliphatic carbocycles. The zero-order chi connectivity index (χ0) is 23.5. The lowest BCUT2D eigenvalue weighted by Crippen LogP contribution is -2.63. The summed E-state index contributed by atoms with van der Waals surface area (Å²) in [5.41, 5.74) is 1.39. The summed E-state index contributed by atoms with van der Waals surface area (Å²) >= 11 is 0.